The molecule has 0 heterocycles. The van der Waals surface area contributed by atoms with Crippen molar-refractivity contribution in [2.45, 2.75) is 53.6 Å². The summed E-state index contributed by atoms with van der Waals surface area (Å²) in [4.78, 5) is 28.2. The van der Waals surface area contributed by atoms with Crippen molar-refractivity contribution in [3.8, 4) is 0 Å². The van der Waals surface area contributed by atoms with Gasteiger partial charge in [0.2, 0.25) is 21.8 Å². The maximum Gasteiger partial charge on any atom is 0.244 e. The molecule has 2 amide bonds. The molecule has 198 valence electrons. The SMILES string of the molecule is CCC(C(=O)NCC(C)C)N(Cc1ccc(Cl)c(Cl)c1)C(=O)CN(c1ccc(C)c(C)c1)S(C)(=O)=O. The number of carbonyl (C=O) groups excluding carboxylic acids is 2. The van der Waals surface area contributed by atoms with Crippen molar-refractivity contribution in [1.82, 2.24) is 10.2 Å². The highest BCUT2D eigenvalue weighted by atomic mass is 35.5. The maximum atomic E-state index is 13.7. The quantitative estimate of drug-likeness (QED) is 0.424. The van der Waals surface area contributed by atoms with Crippen molar-refractivity contribution >= 4 is 50.7 Å². The summed E-state index contributed by atoms with van der Waals surface area (Å²) in [5.41, 5.74) is 2.97. The van der Waals surface area contributed by atoms with Crippen LogP contribution in [-0.4, -0.2) is 50.5 Å². The van der Waals surface area contributed by atoms with Crippen LogP contribution in [0, 0.1) is 19.8 Å². The second-order valence-corrected chi connectivity index (χ2v) is 12.1. The van der Waals surface area contributed by atoms with Gasteiger partial charge in [-0.3, -0.25) is 13.9 Å². The fourth-order valence-corrected chi connectivity index (χ4v) is 4.83. The number of sulfonamides is 1. The largest absolute Gasteiger partial charge is 0.354 e. The minimum Gasteiger partial charge on any atom is -0.354 e. The van der Waals surface area contributed by atoms with E-state index in [2.05, 4.69) is 5.32 Å². The molecule has 2 rings (SSSR count). The van der Waals surface area contributed by atoms with Gasteiger partial charge in [-0.25, -0.2) is 8.42 Å². The Bertz CT molecular complexity index is 1200. The first-order chi connectivity index (χ1) is 16.7. The maximum absolute atomic E-state index is 13.7. The Balaban J connectivity index is 2.46. The van der Waals surface area contributed by atoms with Gasteiger partial charge in [0.15, 0.2) is 0 Å². The molecular weight excluding hydrogens is 521 g/mol. The number of nitrogens with one attached hydrogen (secondary N) is 1. The average Bonchev–Trinajstić information content (AvgIpc) is 2.79. The number of nitrogens with zero attached hydrogens (tertiary/aromatic N) is 2. The molecule has 10 heteroatoms. The van der Waals surface area contributed by atoms with Gasteiger partial charge in [-0.05, 0) is 67.1 Å². The minimum absolute atomic E-state index is 0.0633. The molecule has 0 aliphatic rings. The number of halogens is 2. The molecule has 1 atom stereocenters. The lowest BCUT2D eigenvalue weighted by Gasteiger charge is -2.33. The van der Waals surface area contributed by atoms with Gasteiger partial charge in [0.1, 0.15) is 12.6 Å². The van der Waals surface area contributed by atoms with Gasteiger partial charge >= 0.3 is 0 Å². The molecule has 36 heavy (non-hydrogen) atoms. The smallest absolute Gasteiger partial charge is 0.244 e. The molecule has 7 nitrogen and oxygen atoms in total. The van der Waals surface area contributed by atoms with E-state index in [4.69, 9.17) is 23.2 Å². The van der Waals surface area contributed by atoms with E-state index in [1.165, 1.54) is 4.90 Å². The number of anilines is 1. The normalized spacial score (nSPS) is 12.4. The summed E-state index contributed by atoms with van der Waals surface area (Å²) >= 11 is 12.2. The van der Waals surface area contributed by atoms with Crippen molar-refractivity contribution in [3.05, 3.63) is 63.1 Å². The van der Waals surface area contributed by atoms with E-state index in [1.54, 1.807) is 30.3 Å². The van der Waals surface area contributed by atoms with Gasteiger partial charge in [0, 0.05) is 13.1 Å². The van der Waals surface area contributed by atoms with Gasteiger partial charge in [0.05, 0.1) is 22.0 Å². The van der Waals surface area contributed by atoms with Crippen LogP contribution in [0.15, 0.2) is 36.4 Å². The van der Waals surface area contributed by atoms with Crippen molar-refractivity contribution in [2.24, 2.45) is 5.92 Å². The Hall–Kier alpha value is -2.29. The molecule has 0 aliphatic heterocycles. The van der Waals surface area contributed by atoms with Crippen LogP contribution in [0.2, 0.25) is 10.0 Å². The van der Waals surface area contributed by atoms with Crippen LogP contribution in [0.4, 0.5) is 5.69 Å². The van der Waals surface area contributed by atoms with Crippen LogP contribution in [0.1, 0.15) is 43.9 Å². The second-order valence-electron chi connectivity index (χ2n) is 9.37. The Morgan fingerprint density at radius 1 is 1.00 bits per heavy atom. The van der Waals surface area contributed by atoms with Gasteiger partial charge in [-0.1, -0.05) is 56.1 Å². The van der Waals surface area contributed by atoms with E-state index in [0.29, 0.717) is 34.3 Å². The number of amides is 2. The second kappa shape index (κ2) is 12.8. The van der Waals surface area contributed by atoms with Gasteiger partial charge in [-0.2, -0.15) is 0 Å². The van der Waals surface area contributed by atoms with E-state index in [-0.39, 0.29) is 18.4 Å². The van der Waals surface area contributed by atoms with Crippen LogP contribution >= 0.6 is 23.2 Å². The Morgan fingerprint density at radius 2 is 1.67 bits per heavy atom. The lowest BCUT2D eigenvalue weighted by atomic mass is 10.1. The van der Waals surface area contributed by atoms with E-state index >= 15 is 0 Å². The number of hydrogen-bond acceptors (Lipinski definition) is 4. The van der Waals surface area contributed by atoms with Crippen molar-refractivity contribution in [2.75, 3.05) is 23.7 Å². The third-order valence-electron chi connectivity index (χ3n) is 5.87. The molecule has 2 aromatic rings. The summed E-state index contributed by atoms with van der Waals surface area (Å²) in [6.45, 7) is 9.65. The lowest BCUT2D eigenvalue weighted by molar-refractivity contribution is -0.140. The first kappa shape index (κ1) is 29.9. The Morgan fingerprint density at radius 3 is 2.19 bits per heavy atom. The number of benzene rings is 2. The number of rotatable bonds is 11. The molecule has 1 unspecified atom stereocenters. The molecule has 0 saturated carbocycles. The first-order valence-corrected chi connectivity index (χ1v) is 14.4. The van der Waals surface area contributed by atoms with Crippen LogP contribution in [-0.2, 0) is 26.2 Å². The molecule has 0 aliphatic carbocycles. The van der Waals surface area contributed by atoms with Gasteiger partial charge in [0.25, 0.3) is 0 Å². The highest BCUT2D eigenvalue weighted by Gasteiger charge is 2.32. The Kier molecular flexibility index (Phi) is 10.6. The fraction of sp³-hybridized carbons (Fsp3) is 0.462. The molecule has 0 aromatic heterocycles. The predicted octanol–water partition coefficient (Wildman–Crippen LogP) is 4.96. The average molecular weight is 557 g/mol. The summed E-state index contributed by atoms with van der Waals surface area (Å²) in [7, 11) is -3.79. The summed E-state index contributed by atoms with van der Waals surface area (Å²) in [5, 5.41) is 3.59. The predicted molar refractivity (Wildman–Crippen MR) is 147 cm³/mol. The molecule has 0 bridgehead atoms. The van der Waals surface area contributed by atoms with E-state index in [9.17, 15) is 18.0 Å². The highest BCUT2D eigenvalue weighted by Crippen LogP contribution is 2.25. The van der Waals surface area contributed by atoms with E-state index in [1.807, 2.05) is 40.7 Å². The zero-order chi connectivity index (χ0) is 27.2. The summed E-state index contributed by atoms with van der Waals surface area (Å²) < 4.78 is 26.5. The van der Waals surface area contributed by atoms with Crippen molar-refractivity contribution in [1.29, 1.82) is 0 Å². The van der Waals surface area contributed by atoms with Crippen molar-refractivity contribution < 1.29 is 18.0 Å². The molecule has 0 radical (unpaired) electrons. The van der Waals surface area contributed by atoms with E-state index in [0.717, 1.165) is 21.7 Å². The van der Waals surface area contributed by atoms with Crippen LogP contribution < -0.4 is 9.62 Å². The molecule has 1 N–H and O–H groups in total. The molecule has 0 saturated heterocycles. The summed E-state index contributed by atoms with van der Waals surface area (Å²) in [6, 6.07) is 9.42. The Labute approximate surface area is 224 Å². The standard InChI is InChI=1S/C26H35Cl2N3O4S/c1-7-24(26(33)29-14-17(2)3)30(15-20-9-11-22(27)23(28)13-20)25(32)16-31(36(6,34)35)21-10-8-18(4)19(5)12-21/h8-13,17,24H,7,14-16H2,1-6H3,(H,29,33). The zero-order valence-corrected chi connectivity index (χ0v) is 24.0. The van der Waals surface area contributed by atoms with Crippen LogP contribution in [0.3, 0.4) is 0 Å². The number of aryl methyl sites for hydroxylation is 2. The van der Waals surface area contributed by atoms with Crippen LogP contribution in [0.5, 0.6) is 0 Å². The molecule has 2 aromatic carbocycles. The lowest BCUT2D eigenvalue weighted by Crippen LogP contribution is -2.52. The van der Waals surface area contributed by atoms with Gasteiger partial charge in [-0.15, -0.1) is 0 Å². The van der Waals surface area contributed by atoms with Crippen molar-refractivity contribution in [3.63, 3.8) is 0 Å². The highest BCUT2D eigenvalue weighted by molar-refractivity contribution is 7.92. The summed E-state index contributed by atoms with van der Waals surface area (Å²) in [6.07, 6.45) is 1.41. The summed E-state index contributed by atoms with van der Waals surface area (Å²) in [5.74, 6) is -0.566. The first-order valence-electron chi connectivity index (χ1n) is 11.8. The number of hydrogen-bond donors (Lipinski definition) is 1. The monoisotopic (exact) mass is 555 g/mol. The fourth-order valence-electron chi connectivity index (χ4n) is 3.67. The topological polar surface area (TPSA) is 86.8 Å². The van der Waals surface area contributed by atoms with Crippen LogP contribution in [0.25, 0.3) is 0 Å². The number of carbonyl (C=O) groups is 2. The zero-order valence-electron chi connectivity index (χ0n) is 21.6. The van der Waals surface area contributed by atoms with Gasteiger partial charge < -0.3 is 10.2 Å². The molecule has 0 spiro atoms. The van der Waals surface area contributed by atoms with E-state index < -0.39 is 28.5 Å². The molecule has 0 fully saturated rings. The molecular formula is C26H35Cl2N3O4S. The third kappa shape index (κ3) is 8.11. The minimum atomic E-state index is -3.79. The third-order valence-corrected chi connectivity index (χ3v) is 7.74.